The number of aromatic nitrogens is 3. The van der Waals surface area contributed by atoms with E-state index in [4.69, 9.17) is 17.3 Å². The average Bonchev–Trinajstić information content (AvgIpc) is 3.14. The van der Waals surface area contributed by atoms with Crippen molar-refractivity contribution in [3.05, 3.63) is 52.0 Å². The number of nitrogens with zero attached hydrogens (tertiary/aromatic N) is 4. The first-order chi connectivity index (χ1) is 15.9. The Kier molecular flexibility index (Phi) is 6.28. The molecular weight excluding hydrogens is 528 g/mol. The van der Waals surface area contributed by atoms with Gasteiger partial charge in [-0.1, -0.05) is 11.6 Å². The quantitative estimate of drug-likeness (QED) is 0.488. The largest absolute Gasteiger partial charge is 0.501 e. The number of fused-ring (bicyclic) bond motifs is 1. The monoisotopic (exact) mass is 539 g/mol. The summed E-state index contributed by atoms with van der Waals surface area (Å²) in [5.41, 5.74) is -4.89. The van der Waals surface area contributed by atoms with Crippen LogP contribution in [0.25, 0.3) is 11.0 Å². The summed E-state index contributed by atoms with van der Waals surface area (Å²) < 4.78 is 102. The molecule has 0 aliphatic rings. The van der Waals surface area contributed by atoms with Crippen LogP contribution in [0, 0.1) is 11.3 Å². The Morgan fingerprint density at radius 3 is 2.29 bits per heavy atom. The van der Waals surface area contributed by atoms with Crippen LogP contribution in [0.2, 0.25) is 5.02 Å². The minimum Gasteiger partial charge on any atom is -0.366 e. The fourth-order valence-electron chi connectivity index (χ4n) is 3.22. The molecule has 8 nitrogen and oxygen atoms in total. The molecule has 0 aliphatic carbocycles. The number of primary amides is 1. The summed E-state index contributed by atoms with van der Waals surface area (Å²) >= 11 is 5.87. The number of carbonyl (C=O) groups excluding carboxylic acids is 1. The third kappa shape index (κ3) is 4.76. The van der Waals surface area contributed by atoms with Gasteiger partial charge in [0.25, 0.3) is 9.84 Å². The van der Waals surface area contributed by atoms with Gasteiger partial charge in [0.2, 0.25) is 5.91 Å². The lowest BCUT2D eigenvalue weighted by Gasteiger charge is -2.24. The van der Waals surface area contributed by atoms with E-state index in [2.05, 4.69) is 10.2 Å². The molecule has 0 saturated carbocycles. The number of nitriles is 1. The summed E-state index contributed by atoms with van der Waals surface area (Å²) in [5.74, 6) is -1.17. The predicted molar refractivity (Wildman–Crippen MR) is 109 cm³/mol. The van der Waals surface area contributed by atoms with E-state index in [9.17, 15) is 44.8 Å². The number of nitrogens with two attached hydrogens (primary N) is 1. The van der Waals surface area contributed by atoms with Crippen molar-refractivity contribution in [3.63, 3.8) is 0 Å². The molecule has 16 heteroatoms. The van der Waals surface area contributed by atoms with E-state index in [-0.39, 0.29) is 11.0 Å². The fraction of sp³-hybridized carbons (Fsp3) is 0.263. The summed E-state index contributed by atoms with van der Waals surface area (Å²) in [7, 11) is -5.85. The van der Waals surface area contributed by atoms with Gasteiger partial charge in [0.15, 0.2) is 0 Å². The number of rotatable bonds is 5. The molecule has 1 amide bonds. The molecule has 2 N–H and O–H groups in total. The van der Waals surface area contributed by atoms with Gasteiger partial charge in [-0.05, 0) is 42.8 Å². The maximum Gasteiger partial charge on any atom is 0.501 e. The van der Waals surface area contributed by atoms with Gasteiger partial charge in [-0.2, -0.15) is 46.6 Å². The van der Waals surface area contributed by atoms with Gasteiger partial charge in [0.1, 0.15) is 16.4 Å². The molecule has 2 aromatic carbocycles. The van der Waals surface area contributed by atoms with Crippen LogP contribution in [-0.2, 0) is 28.0 Å². The molecule has 1 aromatic heterocycles. The van der Waals surface area contributed by atoms with Gasteiger partial charge in [-0.15, -0.1) is 0 Å². The van der Waals surface area contributed by atoms with Gasteiger partial charge in [0, 0.05) is 5.56 Å². The SMILES string of the molecule is CC(C#N)(Cn1nc2cc(C(F)(F)F)cc(Cl)c2n1)c1cc(S(=O)(=O)C(F)(F)F)ccc1C(N)=O. The minimum absolute atomic E-state index is 0.163. The number of benzene rings is 2. The van der Waals surface area contributed by atoms with E-state index in [1.165, 1.54) is 0 Å². The number of carbonyl (C=O) groups is 1. The lowest BCUT2D eigenvalue weighted by atomic mass is 9.81. The molecule has 1 unspecified atom stereocenters. The van der Waals surface area contributed by atoms with E-state index in [1.807, 2.05) is 0 Å². The molecule has 1 atom stereocenters. The summed E-state index contributed by atoms with van der Waals surface area (Å²) in [6.07, 6.45) is -4.75. The maximum atomic E-state index is 13.1. The van der Waals surface area contributed by atoms with Crippen LogP contribution < -0.4 is 5.73 Å². The molecular formula is C19H12ClF6N5O3S. The second-order valence-electron chi connectivity index (χ2n) is 7.52. The fourth-order valence-corrected chi connectivity index (χ4v) is 4.26. The number of alkyl halides is 6. The average molecular weight is 540 g/mol. The van der Waals surface area contributed by atoms with E-state index < -0.39 is 66.0 Å². The van der Waals surface area contributed by atoms with Crippen LogP contribution in [-0.4, -0.2) is 34.8 Å². The van der Waals surface area contributed by atoms with Crippen molar-refractivity contribution in [1.29, 1.82) is 5.26 Å². The lowest BCUT2D eigenvalue weighted by Crippen LogP contribution is -2.32. The molecule has 0 spiro atoms. The number of halogens is 7. The highest BCUT2D eigenvalue weighted by Gasteiger charge is 2.47. The van der Waals surface area contributed by atoms with Gasteiger partial charge in [0.05, 0.1) is 28.1 Å². The van der Waals surface area contributed by atoms with Gasteiger partial charge in [-0.25, -0.2) is 8.42 Å². The second-order valence-corrected chi connectivity index (χ2v) is 9.87. The Morgan fingerprint density at radius 1 is 1.14 bits per heavy atom. The number of amides is 1. The summed E-state index contributed by atoms with van der Waals surface area (Å²) in [6.45, 7) is 0.515. The van der Waals surface area contributed by atoms with Gasteiger partial charge >= 0.3 is 11.7 Å². The lowest BCUT2D eigenvalue weighted by molar-refractivity contribution is -0.137. The molecule has 0 bridgehead atoms. The minimum atomic E-state index is -5.85. The first kappa shape index (κ1) is 26.2. The highest BCUT2D eigenvalue weighted by molar-refractivity contribution is 7.92. The molecule has 1 heterocycles. The molecule has 186 valence electrons. The molecule has 3 rings (SSSR count). The zero-order valence-corrected chi connectivity index (χ0v) is 18.8. The molecule has 0 saturated heterocycles. The maximum absolute atomic E-state index is 13.1. The van der Waals surface area contributed by atoms with E-state index in [0.717, 1.165) is 17.8 Å². The highest BCUT2D eigenvalue weighted by Crippen LogP contribution is 2.37. The highest BCUT2D eigenvalue weighted by atomic mass is 35.5. The summed E-state index contributed by atoms with van der Waals surface area (Å²) in [4.78, 5) is 11.4. The number of hydrogen-bond donors (Lipinski definition) is 1. The molecule has 0 aliphatic heterocycles. The Hall–Kier alpha value is -3.38. The number of hydrogen-bond acceptors (Lipinski definition) is 6. The van der Waals surface area contributed by atoms with Crippen LogP contribution in [0.3, 0.4) is 0 Å². The normalized spacial score (nSPS) is 14.5. The van der Waals surface area contributed by atoms with Crippen LogP contribution in [0.5, 0.6) is 0 Å². The van der Waals surface area contributed by atoms with E-state index in [0.29, 0.717) is 24.3 Å². The zero-order chi connectivity index (χ0) is 26.6. The second kappa shape index (κ2) is 8.38. The summed E-state index contributed by atoms with van der Waals surface area (Å²) in [6, 6.07) is 4.75. The molecule has 35 heavy (non-hydrogen) atoms. The third-order valence-corrected chi connectivity index (χ3v) is 6.75. The summed E-state index contributed by atoms with van der Waals surface area (Å²) in [5, 5.41) is 17.2. The van der Waals surface area contributed by atoms with Crippen LogP contribution in [0.1, 0.15) is 28.4 Å². The third-order valence-electron chi connectivity index (χ3n) is 4.98. The smallest absolute Gasteiger partial charge is 0.366 e. The van der Waals surface area contributed by atoms with Crippen molar-refractivity contribution >= 4 is 38.4 Å². The van der Waals surface area contributed by atoms with Crippen molar-refractivity contribution in [3.8, 4) is 6.07 Å². The van der Waals surface area contributed by atoms with Crippen molar-refractivity contribution in [2.75, 3.05) is 0 Å². The van der Waals surface area contributed by atoms with Gasteiger partial charge < -0.3 is 5.73 Å². The van der Waals surface area contributed by atoms with Crippen LogP contribution >= 0.6 is 11.6 Å². The molecule has 0 radical (unpaired) electrons. The van der Waals surface area contributed by atoms with Crippen molar-refractivity contribution < 1.29 is 39.6 Å². The predicted octanol–water partition coefficient (Wildman–Crippen LogP) is 3.98. The van der Waals surface area contributed by atoms with Crippen LogP contribution in [0.4, 0.5) is 26.3 Å². The Morgan fingerprint density at radius 2 is 1.77 bits per heavy atom. The first-order valence-electron chi connectivity index (χ1n) is 9.19. The Balaban J connectivity index is 2.17. The van der Waals surface area contributed by atoms with Crippen molar-refractivity contribution in [2.45, 2.75) is 35.5 Å². The Bertz CT molecular complexity index is 1490. The number of sulfone groups is 1. The van der Waals surface area contributed by atoms with Crippen LogP contribution in [0.15, 0.2) is 35.2 Å². The first-order valence-corrected chi connectivity index (χ1v) is 11.1. The van der Waals surface area contributed by atoms with E-state index in [1.54, 1.807) is 6.07 Å². The van der Waals surface area contributed by atoms with Crippen molar-refractivity contribution in [1.82, 2.24) is 15.0 Å². The topological polar surface area (TPSA) is 132 Å². The zero-order valence-electron chi connectivity index (χ0n) is 17.2. The standard InChI is InChI=1S/C19H12ClF6N5O3S/c1-17(7-27,8-31-29-14-5-9(18(21,22)23)4-13(20)15(14)30-31)12-6-10(2-3-11(12)16(28)32)35(33,34)19(24,25)26/h2-6H,8H2,1H3,(H2,28,32). The molecule has 0 fully saturated rings. The van der Waals surface area contributed by atoms with E-state index >= 15 is 0 Å². The van der Waals surface area contributed by atoms with Gasteiger partial charge in [-0.3, -0.25) is 4.79 Å². The Labute approximate surface area is 197 Å². The molecule has 3 aromatic rings. The van der Waals surface area contributed by atoms with Crippen molar-refractivity contribution in [2.24, 2.45) is 5.73 Å².